The van der Waals surface area contributed by atoms with Crippen molar-refractivity contribution in [1.82, 2.24) is 14.8 Å². The van der Waals surface area contributed by atoms with Gasteiger partial charge in [0.1, 0.15) is 5.82 Å². The van der Waals surface area contributed by atoms with Crippen LogP contribution in [0.25, 0.3) is 27.5 Å². The first-order chi connectivity index (χ1) is 20.4. The van der Waals surface area contributed by atoms with Gasteiger partial charge in [-0.3, -0.25) is 4.21 Å². The van der Waals surface area contributed by atoms with Crippen LogP contribution in [0.5, 0.6) is 0 Å². The molecule has 0 spiro atoms. The van der Waals surface area contributed by atoms with Crippen LogP contribution in [0.2, 0.25) is 0 Å². The van der Waals surface area contributed by atoms with E-state index < -0.39 is 22.9 Å². The Hall–Kier alpha value is -3.99. The van der Waals surface area contributed by atoms with E-state index in [1.165, 1.54) is 23.5 Å². The van der Waals surface area contributed by atoms with E-state index in [4.69, 9.17) is 9.84 Å². The molecule has 10 heteroatoms. The molecule has 42 heavy (non-hydrogen) atoms. The third-order valence-corrected chi connectivity index (χ3v) is 8.73. The van der Waals surface area contributed by atoms with E-state index in [0.717, 1.165) is 52.9 Å². The molecule has 5 aromatic rings. The number of rotatable bonds is 10. The molecular weight excluding hydrogens is 574 g/mol. The lowest BCUT2D eigenvalue weighted by atomic mass is 9.95. The Kier molecular flexibility index (Phi) is 8.10. The Balaban J connectivity index is 1.50. The Bertz CT molecular complexity index is 1780. The summed E-state index contributed by atoms with van der Waals surface area (Å²) in [5.74, 6) is -0.781. The van der Waals surface area contributed by atoms with Crippen LogP contribution in [0.4, 0.5) is 4.39 Å². The van der Waals surface area contributed by atoms with Crippen LogP contribution < -0.4 is 0 Å². The number of hydrogen-bond donors (Lipinski definition) is 0. The molecule has 1 aliphatic carbocycles. The molecule has 0 radical (unpaired) electrons. The molecule has 2 aromatic heterocycles. The summed E-state index contributed by atoms with van der Waals surface area (Å²) in [4.78, 5) is 16.6. The minimum Gasteiger partial charge on any atom is -0.768 e. The van der Waals surface area contributed by atoms with Gasteiger partial charge in [-0.15, -0.1) is 11.3 Å². The van der Waals surface area contributed by atoms with Crippen molar-refractivity contribution in [2.75, 3.05) is 6.61 Å². The monoisotopic (exact) mass is 600 g/mol. The van der Waals surface area contributed by atoms with E-state index in [-0.39, 0.29) is 17.2 Å². The molecule has 1 unspecified atom stereocenters. The van der Waals surface area contributed by atoms with Crippen molar-refractivity contribution in [3.63, 3.8) is 0 Å². The fourth-order valence-electron chi connectivity index (χ4n) is 5.00. The quantitative estimate of drug-likeness (QED) is 0.130. The van der Waals surface area contributed by atoms with Crippen LogP contribution in [0.1, 0.15) is 47.1 Å². The van der Waals surface area contributed by atoms with Gasteiger partial charge in [-0.2, -0.15) is 5.10 Å². The van der Waals surface area contributed by atoms with Crippen molar-refractivity contribution in [1.29, 1.82) is 0 Å². The van der Waals surface area contributed by atoms with Crippen LogP contribution in [0.3, 0.4) is 0 Å². The Morgan fingerprint density at radius 1 is 1.07 bits per heavy atom. The van der Waals surface area contributed by atoms with Crippen molar-refractivity contribution in [2.45, 2.75) is 37.5 Å². The molecule has 214 valence electrons. The van der Waals surface area contributed by atoms with E-state index in [9.17, 15) is 17.9 Å². The van der Waals surface area contributed by atoms with Gasteiger partial charge in [0.05, 0.1) is 22.9 Å². The smallest absolute Gasteiger partial charge is 0.357 e. The average molecular weight is 601 g/mol. The highest BCUT2D eigenvalue weighted by Crippen LogP contribution is 2.39. The second kappa shape index (κ2) is 12.1. The molecule has 0 aliphatic heterocycles. The van der Waals surface area contributed by atoms with Crippen LogP contribution in [-0.2, 0) is 28.7 Å². The largest absolute Gasteiger partial charge is 0.768 e. The third-order valence-electron chi connectivity index (χ3n) is 7.23. The molecule has 7 nitrogen and oxygen atoms in total. The molecule has 0 N–H and O–H groups in total. The summed E-state index contributed by atoms with van der Waals surface area (Å²) in [6.07, 6.45) is 3.30. The van der Waals surface area contributed by atoms with Gasteiger partial charge in [0.2, 0.25) is 5.13 Å². The summed E-state index contributed by atoms with van der Waals surface area (Å²) < 4.78 is 44.5. The van der Waals surface area contributed by atoms with E-state index in [1.807, 2.05) is 53.2 Å². The number of esters is 1. The van der Waals surface area contributed by atoms with Gasteiger partial charge < -0.3 is 9.29 Å². The maximum atomic E-state index is 14.7. The van der Waals surface area contributed by atoms with Crippen LogP contribution >= 0.6 is 11.3 Å². The predicted molar refractivity (Wildman–Crippen MR) is 159 cm³/mol. The lowest BCUT2D eigenvalue weighted by Gasteiger charge is -2.11. The van der Waals surface area contributed by atoms with Gasteiger partial charge in [-0.25, -0.2) is 18.9 Å². The van der Waals surface area contributed by atoms with E-state index >= 15 is 0 Å². The lowest BCUT2D eigenvalue weighted by molar-refractivity contribution is 0.0520. The molecule has 1 aliphatic rings. The number of thiazole rings is 1. The molecule has 0 amide bonds. The zero-order valence-electron chi connectivity index (χ0n) is 22.8. The maximum absolute atomic E-state index is 14.7. The highest BCUT2D eigenvalue weighted by molar-refractivity contribution is 7.79. The number of hydrogen-bond acceptors (Lipinski definition) is 7. The highest BCUT2D eigenvalue weighted by atomic mass is 32.2. The van der Waals surface area contributed by atoms with Gasteiger partial charge >= 0.3 is 5.97 Å². The molecule has 6 rings (SSSR count). The first-order valence-electron chi connectivity index (χ1n) is 13.7. The van der Waals surface area contributed by atoms with Gasteiger partial charge in [0, 0.05) is 22.9 Å². The van der Waals surface area contributed by atoms with Crippen molar-refractivity contribution in [2.24, 2.45) is 5.92 Å². The fourth-order valence-corrected chi connectivity index (χ4v) is 6.16. The zero-order valence-corrected chi connectivity index (χ0v) is 24.4. The fraction of sp³-hybridized carbons (Fsp3) is 0.219. The molecule has 1 fully saturated rings. The second-order valence-corrected chi connectivity index (χ2v) is 11.9. The Labute approximate surface area is 249 Å². The second-order valence-electron chi connectivity index (χ2n) is 10.2. The molecule has 1 saturated carbocycles. The van der Waals surface area contributed by atoms with E-state index in [0.29, 0.717) is 23.0 Å². The van der Waals surface area contributed by atoms with Crippen molar-refractivity contribution < 1.29 is 22.7 Å². The number of benzene rings is 3. The summed E-state index contributed by atoms with van der Waals surface area (Å²) in [6, 6.07) is 22.4. The van der Waals surface area contributed by atoms with Crippen LogP contribution in [0, 0.1) is 11.7 Å². The van der Waals surface area contributed by atoms with Crippen molar-refractivity contribution in [3.8, 4) is 27.5 Å². The van der Waals surface area contributed by atoms with Gasteiger partial charge in [-0.1, -0.05) is 54.6 Å². The standard InChI is InChI=1S/C32H28FN3O4S2/c1-2-40-31(37)27-19-41-32(34-27)36-28(17-20-11-12-20)25(15-21-13-14-29(42(38)39)26(33)16-21)30(35-36)24-10-6-9-23(18-24)22-7-4-3-5-8-22/h3-10,13-14,16,18-20H,2,11-12,15,17H2,1H3,(H,38,39)/p-1. The molecule has 0 bridgehead atoms. The SMILES string of the molecule is CCOC(=O)c1csc(-n2nc(-c3cccc(-c4ccccc4)c3)c(Cc3ccc(S(=O)[O-])c(F)c3)c2CC2CC2)n1. The number of aromatic nitrogens is 3. The normalized spacial score (nSPS) is 13.7. The summed E-state index contributed by atoms with van der Waals surface area (Å²) in [7, 11) is 0. The Morgan fingerprint density at radius 3 is 2.55 bits per heavy atom. The minimum atomic E-state index is -2.66. The van der Waals surface area contributed by atoms with Crippen LogP contribution in [0.15, 0.2) is 83.1 Å². The van der Waals surface area contributed by atoms with Gasteiger partial charge in [0.15, 0.2) is 5.69 Å². The molecular formula is C32H27FN3O4S2-. The van der Waals surface area contributed by atoms with Crippen LogP contribution in [-0.4, -0.2) is 36.1 Å². The molecule has 0 saturated heterocycles. The number of carbonyl (C=O) groups excluding carboxylic acids is 1. The molecule has 3 aromatic carbocycles. The predicted octanol–water partition coefficient (Wildman–Crippen LogP) is 6.76. The van der Waals surface area contributed by atoms with E-state index in [2.05, 4.69) is 11.1 Å². The number of carbonyl (C=O) groups is 1. The van der Waals surface area contributed by atoms with Gasteiger partial charge in [0.25, 0.3) is 0 Å². The van der Waals surface area contributed by atoms with E-state index in [1.54, 1.807) is 18.4 Å². The minimum absolute atomic E-state index is 0.224. The highest BCUT2D eigenvalue weighted by Gasteiger charge is 2.29. The van der Waals surface area contributed by atoms with Crippen molar-refractivity contribution >= 4 is 28.4 Å². The molecule has 1 atom stereocenters. The summed E-state index contributed by atoms with van der Waals surface area (Å²) >= 11 is -1.35. The first-order valence-corrected chi connectivity index (χ1v) is 15.6. The topological polar surface area (TPSA) is 97.1 Å². The van der Waals surface area contributed by atoms with Crippen molar-refractivity contribution in [3.05, 3.63) is 107 Å². The molecule has 2 heterocycles. The number of nitrogens with zero attached hydrogens (tertiary/aromatic N) is 3. The Morgan fingerprint density at radius 2 is 1.83 bits per heavy atom. The average Bonchev–Trinajstić information content (AvgIpc) is 3.56. The summed E-state index contributed by atoms with van der Waals surface area (Å²) in [5, 5.41) is 7.28. The maximum Gasteiger partial charge on any atom is 0.357 e. The third kappa shape index (κ3) is 5.97. The summed E-state index contributed by atoms with van der Waals surface area (Å²) in [6.45, 7) is 2.00. The number of halogens is 1. The van der Waals surface area contributed by atoms with Gasteiger partial charge in [-0.05, 0) is 78.1 Å². The summed E-state index contributed by atoms with van der Waals surface area (Å²) in [5.41, 5.74) is 6.43. The lowest BCUT2D eigenvalue weighted by Crippen LogP contribution is -2.08. The number of ether oxygens (including phenoxy) is 1. The zero-order chi connectivity index (χ0) is 29.2. The first kappa shape index (κ1) is 28.1.